The zero-order chi connectivity index (χ0) is 13.3. The Labute approximate surface area is 115 Å². The first-order valence-electron chi connectivity index (χ1n) is 8.18. The van der Waals surface area contributed by atoms with Crippen molar-refractivity contribution in [3.05, 3.63) is 0 Å². The number of likely N-dealkylation sites (N-methyl/N-ethyl adjacent to an activating group) is 2. The molecule has 1 aliphatic heterocycles. The molecule has 0 radical (unpaired) electrons. The fourth-order valence-corrected chi connectivity index (χ4v) is 2.90. The maximum atomic E-state index is 2.47. The second-order valence-electron chi connectivity index (χ2n) is 6.57. The molecule has 0 aromatic carbocycles. The molecule has 0 atom stereocenters. The molecule has 0 spiro atoms. The highest BCUT2D eigenvalue weighted by atomic mass is 15.4. The van der Waals surface area contributed by atoms with E-state index >= 15 is 0 Å². The normalized spacial score (nSPS) is 20.2. The van der Waals surface area contributed by atoms with E-state index in [-0.39, 0.29) is 0 Å². The van der Waals surface area contributed by atoms with Crippen LogP contribution in [0.25, 0.3) is 0 Å². The van der Waals surface area contributed by atoms with Gasteiger partial charge in [-0.3, -0.25) is 4.90 Å². The van der Waals surface area contributed by atoms with Crippen LogP contribution >= 0.6 is 0 Å². The predicted molar refractivity (Wildman–Crippen MR) is 80.9 cm³/mol. The van der Waals surface area contributed by atoms with E-state index in [4.69, 9.17) is 0 Å². The van der Waals surface area contributed by atoms with Gasteiger partial charge in [-0.05, 0) is 19.9 Å². The van der Waals surface area contributed by atoms with Gasteiger partial charge in [-0.1, -0.05) is 45.4 Å². The Balaban J connectivity index is 1.94. The van der Waals surface area contributed by atoms with E-state index in [2.05, 4.69) is 25.9 Å². The van der Waals surface area contributed by atoms with Gasteiger partial charge in [-0.15, -0.1) is 0 Å². The molecule has 108 valence electrons. The largest absolute Gasteiger partial charge is 0.324 e. The van der Waals surface area contributed by atoms with Crippen LogP contribution in [0.15, 0.2) is 0 Å². The van der Waals surface area contributed by atoms with Crippen LogP contribution < -0.4 is 0 Å². The van der Waals surface area contributed by atoms with Crippen LogP contribution in [0.2, 0.25) is 0 Å². The van der Waals surface area contributed by atoms with Gasteiger partial charge in [0.1, 0.15) is 0 Å². The molecule has 1 saturated heterocycles. The van der Waals surface area contributed by atoms with Gasteiger partial charge in [0.05, 0.1) is 26.7 Å². The van der Waals surface area contributed by atoms with Crippen molar-refractivity contribution in [2.75, 3.05) is 46.8 Å². The standard InChI is InChI=1S/C16H35N2/c1-4-5-6-7-8-9-10-11-14-18(3)15-12-17(2)13-16-18/h4-16H2,1-3H3/q+1. The van der Waals surface area contributed by atoms with Gasteiger partial charge >= 0.3 is 0 Å². The second-order valence-corrected chi connectivity index (χ2v) is 6.57. The Kier molecular flexibility index (Phi) is 7.92. The molecule has 0 aromatic heterocycles. The van der Waals surface area contributed by atoms with Gasteiger partial charge in [0, 0.05) is 13.1 Å². The smallest absolute Gasteiger partial charge is 0.0914 e. The van der Waals surface area contributed by atoms with Crippen LogP contribution in [0.3, 0.4) is 0 Å². The van der Waals surface area contributed by atoms with Crippen molar-refractivity contribution < 1.29 is 4.48 Å². The van der Waals surface area contributed by atoms with Crippen molar-refractivity contribution >= 4 is 0 Å². The SMILES string of the molecule is CCCCCCCCCC[N+]1(C)CCN(C)CC1. The summed E-state index contributed by atoms with van der Waals surface area (Å²) >= 11 is 0. The molecule has 1 aliphatic rings. The minimum absolute atomic E-state index is 1.29. The molecule has 0 bridgehead atoms. The van der Waals surface area contributed by atoms with Gasteiger partial charge in [0.15, 0.2) is 0 Å². The lowest BCUT2D eigenvalue weighted by Crippen LogP contribution is -2.56. The van der Waals surface area contributed by atoms with E-state index in [1.807, 2.05) is 0 Å². The number of hydrogen-bond acceptors (Lipinski definition) is 1. The maximum absolute atomic E-state index is 2.47. The third kappa shape index (κ3) is 6.75. The van der Waals surface area contributed by atoms with E-state index in [1.165, 1.54) is 88.6 Å². The van der Waals surface area contributed by atoms with Crippen molar-refractivity contribution in [2.45, 2.75) is 58.3 Å². The van der Waals surface area contributed by atoms with Crippen LogP contribution in [0.5, 0.6) is 0 Å². The van der Waals surface area contributed by atoms with E-state index in [0.717, 1.165) is 0 Å². The maximum Gasteiger partial charge on any atom is 0.0914 e. The van der Waals surface area contributed by atoms with E-state index in [0.29, 0.717) is 0 Å². The third-order valence-corrected chi connectivity index (χ3v) is 4.59. The van der Waals surface area contributed by atoms with Crippen LogP contribution in [-0.4, -0.2) is 56.2 Å². The molecule has 1 rings (SSSR count). The first kappa shape index (κ1) is 16.0. The minimum Gasteiger partial charge on any atom is -0.324 e. The van der Waals surface area contributed by atoms with Crippen LogP contribution in [0.1, 0.15) is 58.3 Å². The van der Waals surface area contributed by atoms with Crippen molar-refractivity contribution in [3.8, 4) is 0 Å². The van der Waals surface area contributed by atoms with Crippen molar-refractivity contribution in [2.24, 2.45) is 0 Å². The highest BCUT2D eigenvalue weighted by Gasteiger charge is 2.26. The molecule has 18 heavy (non-hydrogen) atoms. The third-order valence-electron chi connectivity index (χ3n) is 4.59. The zero-order valence-electron chi connectivity index (χ0n) is 13.1. The molecule has 0 amide bonds. The topological polar surface area (TPSA) is 3.24 Å². The Bertz CT molecular complexity index is 195. The van der Waals surface area contributed by atoms with Crippen LogP contribution in [0, 0.1) is 0 Å². The van der Waals surface area contributed by atoms with Crippen LogP contribution in [-0.2, 0) is 0 Å². The number of rotatable bonds is 9. The number of quaternary nitrogens is 1. The van der Waals surface area contributed by atoms with Crippen molar-refractivity contribution in [1.29, 1.82) is 0 Å². The number of piperazine rings is 1. The van der Waals surface area contributed by atoms with Crippen LogP contribution in [0.4, 0.5) is 0 Å². The first-order valence-corrected chi connectivity index (χ1v) is 8.18. The lowest BCUT2D eigenvalue weighted by Gasteiger charge is -2.41. The summed E-state index contributed by atoms with van der Waals surface area (Å²) in [6.45, 7) is 8.98. The summed E-state index contributed by atoms with van der Waals surface area (Å²) in [4.78, 5) is 2.47. The quantitative estimate of drug-likeness (QED) is 0.450. The molecule has 2 nitrogen and oxygen atoms in total. The van der Waals surface area contributed by atoms with Gasteiger partial charge in [-0.25, -0.2) is 0 Å². The van der Waals surface area contributed by atoms with Crippen molar-refractivity contribution in [3.63, 3.8) is 0 Å². The summed E-state index contributed by atoms with van der Waals surface area (Å²) in [5, 5.41) is 0. The summed E-state index contributed by atoms with van der Waals surface area (Å²) < 4.78 is 1.32. The zero-order valence-corrected chi connectivity index (χ0v) is 13.1. The average molecular weight is 255 g/mol. The van der Waals surface area contributed by atoms with Gasteiger partial charge in [0.2, 0.25) is 0 Å². The molecule has 0 N–H and O–H groups in total. The summed E-state index contributed by atoms with van der Waals surface area (Å²) in [6, 6.07) is 0. The lowest BCUT2D eigenvalue weighted by molar-refractivity contribution is -0.913. The predicted octanol–water partition coefficient (Wildman–Crippen LogP) is 3.52. The monoisotopic (exact) mass is 255 g/mol. The first-order chi connectivity index (χ1) is 8.66. The van der Waals surface area contributed by atoms with Gasteiger partial charge in [0.25, 0.3) is 0 Å². The molecule has 1 heterocycles. The van der Waals surface area contributed by atoms with Gasteiger partial charge < -0.3 is 4.48 Å². The number of hydrogen-bond donors (Lipinski definition) is 0. The molecule has 0 unspecified atom stereocenters. The molecular weight excluding hydrogens is 220 g/mol. The molecule has 1 fully saturated rings. The second kappa shape index (κ2) is 8.92. The summed E-state index contributed by atoms with van der Waals surface area (Å²) in [6.07, 6.45) is 11.5. The fraction of sp³-hybridized carbons (Fsp3) is 1.00. The summed E-state index contributed by atoms with van der Waals surface area (Å²) in [5.74, 6) is 0. The van der Waals surface area contributed by atoms with Gasteiger partial charge in [-0.2, -0.15) is 0 Å². The van der Waals surface area contributed by atoms with E-state index in [1.54, 1.807) is 0 Å². The fourth-order valence-electron chi connectivity index (χ4n) is 2.90. The number of unbranched alkanes of at least 4 members (excludes halogenated alkanes) is 7. The molecule has 0 aromatic rings. The Hall–Kier alpha value is -0.0800. The Morgan fingerprint density at radius 3 is 1.89 bits per heavy atom. The number of nitrogens with zero attached hydrogens (tertiary/aromatic N) is 2. The molecule has 2 heteroatoms. The highest BCUT2D eigenvalue weighted by molar-refractivity contribution is 4.58. The highest BCUT2D eigenvalue weighted by Crippen LogP contribution is 2.13. The minimum atomic E-state index is 1.29. The Morgan fingerprint density at radius 2 is 1.33 bits per heavy atom. The summed E-state index contributed by atoms with van der Waals surface area (Å²) in [7, 11) is 4.70. The van der Waals surface area contributed by atoms with Crippen molar-refractivity contribution in [1.82, 2.24) is 4.90 Å². The average Bonchev–Trinajstić information content (AvgIpc) is 2.37. The summed E-state index contributed by atoms with van der Waals surface area (Å²) in [5.41, 5.74) is 0. The molecule has 0 saturated carbocycles. The lowest BCUT2D eigenvalue weighted by atomic mass is 10.1. The molecule has 0 aliphatic carbocycles. The van der Waals surface area contributed by atoms with E-state index < -0.39 is 0 Å². The molecular formula is C16H35N2+. The Morgan fingerprint density at radius 1 is 0.833 bits per heavy atom. The van der Waals surface area contributed by atoms with E-state index in [9.17, 15) is 0 Å².